The molecule has 2 atom stereocenters. The van der Waals surface area contributed by atoms with Crippen molar-refractivity contribution >= 4 is 42.6 Å². The van der Waals surface area contributed by atoms with Crippen LogP contribution in [0.4, 0.5) is 5.13 Å². The molecule has 1 amide bonds. The number of carbonyl (C=O) groups excluding carboxylic acids is 1. The Kier molecular flexibility index (Phi) is 7.37. The molecule has 0 spiro atoms. The predicted molar refractivity (Wildman–Crippen MR) is 151 cm³/mol. The Hall–Kier alpha value is -3.11. The number of sulfonamides is 1. The molecule has 5 rings (SSSR count). The molecule has 1 aliphatic heterocycles. The number of hydrogen-bond acceptors (Lipinski definition) is 6. The van der Waals surface area contributed by atoms with Crippen LogP contribution in [0.1, 0.15) is 40.9 Å². The molecule has 9 heteroatoms. The summed E-state index contributed by atoms with van der Waals surface area (Å²) in [6, 6.07) is 20.1. The number of nitrogens with zero attached hydrogens (tertiary/aromatic N) is 3. The van der Waals surface area contributed by atoms with Crippen LogP contribution in [0.3, 0.4) is 0 Å². The van der Waals surface area contributed by atoms with Gasteiger partial charge >= 0.3 is 0 Å². The largest absolute Gasteiger partial charge is 0.373 e. The zero-order valence-electron chi connectivity index (χ0n) is 21.9. The lowest BCUT2D eigenvalue weighted by Gasteiger charge is -2.34. The van der Waals surface area contributed by atoms with Gasteiger partial charge < -0.3 is 4.74 Å². The lowest BCUT2D eigenvalue weighted by molar-refractivity contribution is -0.0440. The lowest BCUT2D eigenvalue weighted by atomic mass is 10.1. The number of morpholine rings is 1. The van der Waals surface area contributed by atoms with Gasteiger partial charge in [-0.05, 0) is 74.7 Å². The maximum Gasteiger partial charge on any atom is 0.260 e. The van der Waals surface area contributed by atoms with Crippen LogP contribution in [-0.2, 0) is 21.3 Å². The van der Waals surface area contributed by atoms with Crippen molar-refractivity contribution in [2.75, 3.05) is 18.0 Å². The molecule has 2 heterocycles. The molecule has 0 aliphatic carbocycles. The number of benzene rings is 3. The van der Waals surface area contributed by atoms with Gasteiger partial charge in [0.15, 0.2) is 5.13 Å². The van der Waals surface area contributed by atoms with E-state index in [0.717, 1.165) is 26.9 Å². The first-order valence-corrected chi connectivity index (χ1v) is 14.9. The van der Waals surface area contributed by atoms with Gasteiger partial charge in [-0.3, -0.25) is 9.69 Å². The highest BCUT2D eigenvalue weighted by Gasteiger charge is 2.32. The van der Waals surface area contributed by atoms with E-state index >= 15 is 0 Å². The summed E-state index contributed by atoms with van der Waals surface area (Å²) in [4.78, 5) is 20.5. The SMILES string of the molecule is Cc1cc(C)c2sc(N(Cc3ccccc3)C(=O)c3ccc(S(=O)(=O)N4CC(C)OC(C)C4)cc3)nc2c1. The maximum atomic E-state index is 13.8. The third-order valence-corrected chi connectivity index (χ3v) is 9.67. The topological polar surface area (TPSA) is 79.8 Å². The third-order valence-electron chi connectivity index (χ3n) is 6.59. The van der Waals surface area contributed by atoms with E-state index in [0.29, 0.717) is 30.3 Å². The van der Waals surface area contributed by atoms with Crippen LogP contribution < -0.4 is 4.90 Å². The minimum atomic E-state index is -3.70. The number of fused-ring (bicyclic) bond motifs is 1. The summed E-state index contributed by atoms with van der Waals surface area (Å²) in [5, 5.41) is 0.607. The van der Waals surface area contributed by atoms with Gasteiger partial charge in [-0.15, -0.1) is 0 Å². The second kappa shape index (κ2) is 10.6. The summed E-state index contributed by atoms with van der Waals surface area (Å²) >= 11 is 1.49. The van der Waals surface area contributed by atoms with Crippen LogP contribution in [0.5, 0.6) is 0 Å². The highest BCUT2D eigenvalue weighted by Crippen LogP contribution is 2.34. The number of hydrogen-bond donors (Lipinski definition) is 0. The van der Waals surface area contributed by atoms with Crippen LogP contribution >= 0.6 is 11.3 Å². The Morgan fingerprint density at radius 1 is 1.03 bits per heavy atom. The molecule has 0 bridgehead atoms. The van der Waals surface area contributed by atoms with E-state index in [4.69, 9.17) is 9.72 Å². The molecule has 0 saturated carbocycles. The first kappa shape index (κ1) is 26.5. The first-order chi connectivity index (χ1) is 18.1. The average Bonchev–Trinajstić information content (AvgIpc) is 3.31. The van der Waals surface area contributed by atoms with Crippen LogP contribution in [-0.4, -0.2) is 48.9 Å². The molecule has 0 N–H and O–H groups in total. The fourth-order valence-electron chi connectivity index (χ4n) is 4.87. The average molecular weight is 550 g/mol. The Morgan fingerprint density at radius 2 is 1.68 bits per heavy atom. The molecule has 7 nitrogen and oxygen atoms in total. The smallest absolute Gasteiger partial charge is 0.260 e. The van der Waals surface area contributed by atoms with Gasteiger partial charge in [0.05, 0.1) is 33.9 Å². The first-order valence-electron chi connectivity index (χ1n) is 12.6. The Bertz CT molecular complexity index is 1560. The van der Waals surface area contributed by atoms with Gasteiger partial charge in [0.25, 0.3) is 5.91 Å². The van der Waals surface area contributed by atoms with E-state index in [-0.39, 0.29) is 23.0 Å². The highest BCUT2D eigenvalue weighted by molar-refractivity contribution is 7.89. The molecule has 3 aromatic carbocycles. The fourth-order valence-corrected chi connectivity index (χ4v) is 7.48. The van der Waals surface area contributed by atoms with Crippen LogP contribution in [0.2, 0.25) is 0 Å². The standard InChI is InChI=1S/C29H31N3O4S2/c1-19-14-20(2)27-26(15-19)30-29(37-27)32(18-23-8-6-5-7-9-23)28(33)24-10-12-25(13-11-24)38(34,35)31-16-21(3)36-22(4)17-31/h5-15,21-22H,16-18H2,1-4H3. The van der Waals surface area contributed by atoms with E-state index in [2.05, 4.69) is 13.0 Å². The number of amides is 1. The number of anilines is 1. The molecular weight excluding hydrogens is 518 g/mol. The summed E-state index contributed by atoms with van der Waals surface area (Å²) < 4.78 is 34.8. The van der Waals surface area contributed by atoms with E-state index in [1.54, 1.807) is 17.0 Å². The van der Waals surface area contributed by atoms with Crippen LogP contribution in [0.25, 0.3) is 10.2 Å². The molecule has 1 fully saturated rings. The van der Waals surface area contributed by atoms with Gasteiger partial charge in [-0.1, -0.05) is 47.7 Å². The molecule has 1 aromatic heterocycles. The highest BCUT2D eigenvalue weighted by atomic mass is 32.2. The van der Waals surface area contributed by atoms with Gasteiger partial charge in [0, 0.05) is 18.7 Å². The Morgan fingerprint density at radius 3 is 2.34 bits per heavy atom. The quantitative estimate of drug-likeness (QED) is 0.315. The van der Waals surface area contributed by atoms with Crippen molar-refractivity contribution in [2.45, 2.75) is 51.3 Å². The summed E-state index contributed by atoms with van der Waals surface area (Å²) in [6.45, 7) is 8.77. The van der Waals surface area contributed by atoms with Crippen molar-refractivity contribution in [2.24, 2.45) is 0 Å². The number of thiazole rings is 1. The normalized spacial score (nSPS) is 18.5. The third kappa shape index (κ3) is 5.37. The zero-order valence-corrected chi connectivity index (χ0v) is 23.6. The van der Waals surface area contributed by atoms with Crippen molar-refractivity contribution in [1.82, 2.24) is 9.29 Å². The summed E-state index contributed by atoms with van der Waals surface area (Å²) in [7, 11) is -3.70. The van der Waals surface area contributed by atoms with Crippen molar-refractivity contribution in [3.8, 4) is 0 Å². The van der Waals surface area contributed by atoms with E-state index in [1.165, 1.54) is 27.8 Å². The van der Waals surface area contributed by atoms with Gasteiger partial charge in [0.2, 0.25) is 10.0 Å². The Balaban J connectivity index is 1.47. The zero-order chi connectivity index (χ0) is 27.0. The summed E-state index contributed by atoms with van der Waals surface area (Å²) in [5.41, 5.74) is 4.48. The van der Waals surface area contributed by atoms with Crippen molar-refractivity contribution < 1.29 is 17.9 Å². The van der Waals surface area contributed by atoms with Crippen molar-refractivity contribution in [3.05, 3.63) is 89.0 Å². The second-order valence-corrected chi connectivity index (χ2v) is 12.8. The van der Waals surface area contributed by atoms with E-state index in [9.17, 15) is 13.2 Å². The Labute approximate surface area is 227 Å². The molecule has 0 radical (unpaired) electrons. The van der Waals surface area contributed by atoms with Gasteiger partial charge in [-0.2, -0.15) is 4.31 Å². The maximum absolute atomic E-state index is 13.8. The van der Waals surface area contributed by atoms with E-state index in [1.807, 2.05) is 57.2 Å². The van der Waals surface area contributed by atoms with E-state index < -0.39 is 10.0 Å². The second-order valence-electron chi connectivity index (χ2n) is 9.91. The molecule has 1 aliphatic rings. The number of carbonyl (C=O) groups is 1. The number of aryl methyl sites for hydroxylation is 2. The lowest BCUT2D eigenvalue weighted by Crippen LogP contribution is -2.48. The molecule has 38 heavy (non-hydrogen) atoms. The van der Waals surface area contributed by atoms with Gasteiger partial charge in [0.1, 0.15) is 0 Å². The fraction of sp³-hybridized carbons (Fsp3) is 0.310. The number of aromatic nitrogens is 1. The minimum absolute atomic E-state index is 0.163. The monoisotopic (exact) mass is 549 g/mol. The molecule has 1 saturated heterocycles. The minimum Gasteiger partial charge on any atom is -0.373 e. The summed E-state index contributed by atoms with van der Waals surface area (Å²) in [6.07, 6.45) is -0.357. The molecular formula is C29H31N3O4S2. The number of rotatable bonds is 6. The van der Waals surface area contributed by atoms with Crippen molar-refractivity contribution in [1.29, 1.82) is 0 Å². The predicted octanol–water partition coefficient (Wildman–Crippen LogP) is 5.56. The summed E-state index contributed by atoms with van der Waals surface area (Å²) in [5.74, 6) is -0.236. The van der Waals surface area contributed by atoms with Crippen LogP contribution in [0, 0.1) is 13.8 Å². The van der Waals surface area contributed by atoms with Crippen LogP contribution in [0.15, 0.2) is 71.6 Å². The molecule has 4 aromatic rings. The molecule has 198 valence electrons. The number of ether oxygens (including phenoxy) is 1. The molecule has 2 unspecified atom stereocenters. The van der Waals surface area contributed by atoms with Gasteiger partial charge in [-0.25, -0.2) is 13.4 Å². The van der Waals surface area contributed by atoms with Crippen molar-refractivity contribution in [3.63, 3.8) is 0 Å².